The first-order chi connectivity index (χ1) is 10.7. The highest BCUT2D eigenvalue weighted by Crippen LogP contribution is 2.40. The number of rotatable bonds is 3. The molecule has 3 nitrogen and oxygen atoms in total. The summed E-state index contributed by atoms with van der Waals surface area (Å²) in [4.78, 5) is 11.9. The molecule has 1 N–H and O–H groups in total. The molecule has 1 aliphatic carbocycles. The molecule has 0 bridgehead atoms. The molecule has 0 aliphatic heterocycles. The lowest BCUT2D eigenvalue weighted by molar-refractivity contribution is 0.628. The van der Waals surface area contributed by atoms with E-state index in [1.54, 1.807) is 23.5 Å². The summed E-state index contributed by atoms with van der Waals surface area (Å²) >= 11 is 1.79. The van der Waals surface area contributed by atoms with Crippen LogP contribution in [0.4, 0.5) is 15.9 Å². The molecule has 2 heterocycles. The van der Waals surface area contributed by atoms with Crippen molar-refractivity contribution in [1.82, 2.24) is 9.97 Å². The van der Waals surface area contributed by atoms with Crippen molar-refractivity contribution in [3.8, 4) is 0 Å². The van der Waals surface area contributed by atoms with Crippen LogP contribution < -0.4 is 5.32 Å². The zero-order valence-corrected chi connectivity index (χ0v) is 13.1. The Hall–Kier alpha value is -2.01. The van der Waals surface area contributed by atoms with Crippen LogP contribution in [0.25, 0.3) is 10.2 Å². The summed E-state index contributed by atoms with van der Waals surface area (Å²) < 4.78 is 13.1. The Labute approximate surface area is 132 Å². The minimum Gasteiger partial charge on any atom is -0.340 e. The van der Waals surface area contributed by atoms with E-state index in [2.05, 4.69) is 22.2 Å². The highest BCUT2D eigenvalue weighted by Gasteiger charge is 2.22. The van der Waals surface area contributed by atoms with Crippen molar-refractivity contribution in [3.05, 3.63) is 46.3 Å². The summed E-state index contributed by atoms with van der Waals surface area (Å²) in [5.41, 5.74) is 2.24. The van der Waals surface area contributed by atoms with Crippen LogP contribution in [0.1, 0.15) is 29.6 Å². The van der Waals surface area contributed by atoms with Gasteiger partial charge in [-0.2, -0.15) is 0 Å². The lowest BCUT2D eigenvalue weighted by Crippen LogP contribution is -2.00. The minimum absolute atomic E-state index is 0.232. The van der Waals surface area contributed by atoms with E-state index in [1.807, 2.05) is 0 Å². The number of thiophene rings is 1. The summed E-state index contributed by atoms with van der Waals surface area (Å²) in [7, 11) is 0. The largest absolute Gasteiger partial charge is 0.340 e. The molecular weight excluding hydrogens is 297 g/mol. The fraction of sp³-hybridized carbons (Fsp3) is 0.294. The number of fused-ring (bicyclic) bond motifs is 3. The number of aromatic nitrogens is 2. The number of nitrogens with zero attached hydrogens (tertiary/aromatic N) is 2. The number of benzene rings is 1. The van der Waals surface area contributed by atoms with Crippen LogP contribution in [0.3, 0.4) is 0 Å². The number of hydrogen-bond acceptors (Lipinski definition) is 4. The Kier molecular flexibility index (Phi) is 3.30. The fourth-order valence-corrected chi connectivity index (χ4v) is 4.24. The first-order valence-corrected chi connectivity index (χ1v) is 8.40. The van der Waals surface area contributed by atoms with Gasteiger partial charge < -0.3 is 5.32 Å². The van der Waals surface area contributed by atoms with E-state index in [9.17, 15) is 4.39 Å². The van der Waals surface area contributed by atoms with Crippen molar-refractivity contribution in [2.45, 2.75) is 32.6 Å². The van der Waals surface area contributed by atoms with Crippen LogP contribution in [0.15, 0.2) is 24.3 Å². The second kappa shape index (κ2) is 5.32. The van der Waals surface area contributed by atoms with Gasteiger partial charge in [0, 0.05) is 17.0 Å². The van der Waals surface area contributed by atoms with Crippen molar-refractivity contribution < 1.29 is 4.39 Å². The maximum absolute atomic E-state index is 13.1. The zero-order chi connectivity index (χ0) is 15.1. The van der Waals surface area contributed by atoms with E-state index in [1.165, 1.54) is 29.0 Å². The average Bonchev–Trinajstić information content (AvgIpc) is 3.09. The number of aryl methyl sites for hydroxylation is 3. The van der Waals surface area contributed by atoms with Crippen LogP contribution in [0.2, 0.25) is 0 Å². The van der Waals surface area contributed by atoms with Crippen LogP contribution in [0.5, 0.6) is 0 Å². The number of hydrogen-bond donors (Lipinski definition) is 1. The van der Waals surface area contributed by atoms with Gasteiger partial charge in [0.15, 0.2) is 0 Å². The highest BCUT2D eigenvalue weighted by atomic mass is 32.1. The Morgan fingerprint density at radius 1 is 1.18 bits per heavy atom. The predicted molar refractivity (Wildman–Crippen MR) is 88.5 cm³/mol. The minimum atomic E-state index is -0.232. The first-order valence-electron chi connectivity index (χ1n) is 7.58. The Morgan fingerprint density at radius 3 is 2.77 bits per heavy atom. The monoisotopic (exact) mass is 313 g/mol. The average molecular weight is 313 g/mol. The van der Waals surface area contributed by atoms with E-state index in [-0.39, 0.29) is 5.82 Å². The summed E-state index contributed by atoms with van der Waals surface area (Å²) in [6.07, 6.45) is 4.26. The number of anilines is 2. The van der Waals surface area contributed by atoms with E-state index in [4.69, 9.17) is 0 Å². The van der Waals surface area contributed by atoms with Crippen LogP contribution in [-0.2, 0) is 19.3 Å². The maximum atomic E-state index is 13.1. The molecule has 2 aromatic heterocycles. The van der Waals surface area contributed by atoms with E-state index in [0.29, 0.717) is 0 Å². The third-order valence-corrected chi connectivity index (χ3v) is 5.22. The quantitative estimate of drug-likeness (QED) is 0.766. The molecule has 0 atom stereocenters. The predicted octanol–water partition coefficient (Wildman–Crippen LogP) is 4.63. The van der Waals surface area contributed by atoms with Crippen molar-refractivity contribution in [1.29, 1.82) is 0 Å². The van der Waals surface area contributed by atoms with Gasteiger partial charge in [-0.3, -0.25) is 0 Å². The van der Waals surface area contributed by atoms with Crippen molar-refractivity contribution in [3.63, 3.8) is 0 Å². The molecule has 112 valence electrons. The fourth-order valence-electron chi connectivity index (χ4n) is 2.96. The molecule has 4 rings (SSSR count). The first kappa shape index (κ1) is 13.6. The molecule has 0 spiro atoms. The second-order valence-electron chi connectivity index (χ2n) is 5.51. The van der Waals surface area contributed by atoms with Gasteiger partial charge in [-0.1, -0.05) is 6.92 Å². The Bertz CT molecular complexity index is 839. The van der Waals surface area contributed by atoms with Crippen LogP contribution in [0, 0.1) is 5.82 Å². The van der Waals surface area contributed by atoms with Gasteiger partial charge in [0.05, 0.1) is 5.39 Å². The molecule has 3 aromatic rings. The molecule has 22 heavy (non-hydrogen) atoms. The molecule has 1 aromatic carbocycles. The van der Waals surface area contributed by atoms with Crippen LogP contribution >= 0.6 is 11.3 Å². The van der Waals surface area contributed by atoms with Gasteiger partial charge >= 0.3 is 0 Å². The zero-order valence-electron chi connectivity index (χ0n) is 12.3. The van der Waals surface area contributed by atoms with Crippen molar-refractivity contribution in [2.75, 3.05) is 5.32 Å². The van der Waals surface area contributed by atoms with Gasteiger partial charge in [0.2, 0.25) is 0 Å². The molecule has 0 saturated carbocycles. The van der Waals surface area contributed by atoms with Gasteiger partial charge in [-0.15, -0.1) is 11.3 Å². The normalized spacial score (nSPS) is 13.5. The lowest BCUT2D eigenvalue weighted by atomic mass is 10.2. The highest BCUT2D eigenvalue weighted by molar-refractivity contribution is 7.19. The molecule has 0 amide bonds. The molecule has 5 heteroatoms. The van der Waals surface area contributed by atoms with Gasteiger partial charge in [0.25, 0.3) is 0 Å². The SMILES string of the molecule is CCc1nc(Nc2ccc(F)cc2)c2c3c(sc2n1)CCC3. The van der Waals surface area contributed by atoms with Gasteiger partial charge in [0.1, 0.15) is 22.3 Å². The summed E-state index contributed by atoms with van der Waals surface area (Å²) in [6.45, 7) is 2.06. The molecule has 0 radical (unpaired) electrons. The molecule has 0 unspecified atom stereocenters. The van der Waals surface area contributed by atoms with Gasteiger partial charge in [-0.05, 0) is 49.1 Å². The summed E-state index contributed by atoms with van der Waals surface area (Å²) in [6, 6.07) is 6.39. The smallest absolute Gasteiger partial charge is 0.143 e. The standard InChI is InChI=1S/C17H16FN3S/c1-2-14-20-16(19-11-8-6-10(18)7-9-11)15-12-4-3-5-13(12)22-17(15)21-14/h6-9H,2-5H2,1H3,(H,19,20,21). The molecular formula is C17H16FN3S. The van der Waals surface area contributed by atoms with Gasteiger partial charge in [-0.25, -0.2) is 14.4 Å². The molecule has 0 saturated heterocycles. The second-order valence-corrected chi connectivity index (χ2v) is 6.60. The number of halogens is 1. The maximum Gasteiger partial charge on any atom is 0.143 e. The molecule has 0 fully saturated rings. The van der Waals surface area contributed by atoms with E-state index >= 15 is 0 Å². The molecule has 1 aliphatic rings. The summed E-state index contributed by atoms with van der Waals surface area (Å²) in [5, 5.41) is 4.51. The topological polar surface area (TPSA) is 37.8 Å². The third-order valence-electron chi connectivity index (χ3n) is 4.03. The third kappa shape index (κ3) is 2.25. The van der Waals surface area contributed by atoms with E-state index in [0.717, 1.165) is 46.8 Å². The lowest BCUT2D eigenvalue weighted by Gasteiger charge is -2.09. The Balaban J connectivity index is 1.85. The van der Waals surface area contributed by atoms with E-state index < -0.39 is 0 Å². The van der Waals surface area contributed by atoms with Crippen molar-refractivity contribution in [2.24, 2.45) is 0 Å². The van der Waals surface area contributed by atoms with Crippen molar-refractivity contribution >= 4 is 33.1 Å². The number of nitrogens with one attached hydrogen (secondary N) is 1. The summed E-state index contributed by atoms with van der Waals surface area (Å²) in [5.74, 6) is 1.47. The van der Waals surface area contributed by atoms with Crippen LogP contribution in [-0.4, -0.2) is 9.97 Å². The Morgan fingerprint density at radius 2 is 2.00 bits per heavy atom.